The van der Waals surface area contributed by atoms with Crippen LogP contribution in [0.2, 0.25) is 0 Å². The van der Waals surface area contributed by atoms with Crippen LogP contribution in [-0.2, 0) is 4.79 Å². The summed E-state index contributed by atoms with van der Waals surface area (Å²) in [4.78, 5) is 9.25. The van der Waals surface area contributed by atoms with Gasteiger partial charge in [0.25, 0.3) is 0 Å². The Hall–Kier alpha value is -2.76. The van der Waals surface area contributed by atoms with E-state index in [1.165, 1.54) is 6.20 Å². The van der Waals surface area contributed by atoms with E-state index in [0.717, 1.165) is 11.6 Å². The Kier molecular flexibility index (Phi) is 4.98. The Morgan fingerprint density at radius 3 is 2.39 bits per heavy atom. The standard InChI is InChI=1S/C9H7N3O.C3H4O2/c13-8-6-10-12-11-9(8)7-4-2-1-3-5-7;1-2-3(4)5/h1-6H,(H,12,13);2H,1H2,(H,4,5). The number of hydrogen-bond donors (Lipinski definition) is 2. The van der Waals surface area contributed by atoms with Gasteiger partial charge in [-0.1, -0.05) is 36.9 Å². The second-order valence-electron chi connectivity index (χ2n) is 3.08. The monoisotopic (exact) mass is 245 g/mol. The van der Waals surface area contributed by atoms with E-state index in [0.29, 0.717) is 5.69 Å². The van der Waals surface area contributed by atoms with Crippen LogP contribution in [0, 0.1) is 0 Å². The normalized spacial score (nSPS) is 8.89. The minimum atomic E-state index is -0.981. The molecule has 6 nitrogen and oxygen atoms in total. The Labute approximate surface area is 103 Å². The second kappa shape index (κ2) is 6.74. The zero-order chi connectivity index (χ0) is 13.4. The van der Waals surface area contributed by atoms with Crippen LogP contribution >= 0.6 is 0 Å². The predicted molar refractivity (Wildman–Crippen MR) is 64.8 cm³/mol. The SMILES string of the molecule is C=CC(=O)O.Oc1cnnnc1-c1ccccc1. The molecule has 18 heavy (non-hydrogen) atoms. The predicted octanol–water partition coefficient (Wildman–Crippen LogP) is 1.50. The van der Waals surface area contributed by atoms with E-state index in [1.807, 2.05) is 30.3 Å². The Morgan fingerprint density at radius 1 is 1.28 bits per heavy atom. The molecule has 0 aliphatic heterocycles. The average molecular weight is 245 g/mol. The van der Waals surface area contributed by atoms with Gasteiger partial charge in [0.15, 0.2) is 5.75 Å². The molecule has 0 atom stereocenters. The van der Waals surface area contributed by atoms with Gasteiger partial charge in [0, 0.05) is 11.6 Å². The number of carbonyl (C=O) groups is 1. The van der Waals surface area contributed by atoms with Crippen molar-refractivity contribution < 1.29 is 15.0 Å². The Morgan fingerprint density at radius 2 is 1.89 bits per heavy atom. The molecule has 0 bridgehead atoms. The molecule has 0 radical (unpaired) electrons. The van der Waals surface area contributed by atoms with Crippen molar-refractivity contribution in [2.24, 2.45) is 0 Å². The van der Waals surface area contributed by atoms with Crippen LogP contribution in [0.25, 0.3) is 11.3 Å². The molecule has 0 aliphatic carbocycles. The first-order valence-corrected chi connectivity index (χ1v) is 4.93. The van der Waals surface area contributed by atoms with Crippen molar-refractivity contribution in [2.45, 2.75) is 0 Å². The zero-order valence-corrected chi connectivity index (χ0v) is 9.39. The molecule has 2 rings (SSSR count). The topological polar surface area (TPSA) is 96.2 Å². The summed E-state index contributed by atoms with van der Waals surface area (Å²) in [6.07, 6.45) is 2.11. The third-order valence-corrected chi connectivity index (χ3v) is 1.84. The number of benzene rings is 1. The van der Waals surface area contributed by atoms with Gasteiger partial charge in [-0.15, -0.1) is 10.2 Å². The smallest absolute Gasteiger partial charge is 0.327 e. The molecule has 0 saturated heterocycles. The van der Waals surface area contributed by atoms with Crippen molar-refractivity contribution in [3.05, 3.63) is 49.2 Å². The summed E-state index contributed by atoms with van der Waals surface area (Å²) in [5.74, 6) is -0.939. The highest BCUT2D eigenvalue weighted by atomic mass is 16.4. The van der Waals surface area contributed by atoms with Gasteiger partial charge in [0.2, 0.25) is 0 Å². The number of nitrogens with zero attached hydrogens (tertiary/aromatic N) is 3. The van der Waals surface area contributed by atoms with Crippen molar-refractivity contribution in [3.8, 4) is 17.0 Å². The van der Waals surface area contributed by atoms with Crippen LogP contribution in [0.1, 0.15) is 0 Å². The third kappa shape index (κ3) is 4.01. The van der Waals surface area contributed by atoms with Crippen LogP contribution in [0.4, 0.5) is 0 Å². The van der Waals surface area contributed by atoms with E-state index in [-0.39, 0.29) is 5.75 Å². The molecule has 1 heterocycles. The quantitative estimate of drug-likeness (QED) is 0.778. The highest BCUT2D eigenvalue weighted by Crippen LogP contribution is 2.23. The third-order valence-electron chi connectivity index (χ3n) is 1.84. The van der Waals surface area contributed by atoms with Crippen LogP contribution in [0.5, 0.6) is 5.75 Å². The highest BCUT2D eigenvalue weighted by molar-refractivity contribution is 5.78. The van der Waals surface area contributed by atoms with E-state index >= 15 is 0 Å². The number of carboxylic acid groups (broad SMARTS) is 1. The van der Waals surface area contributed by atoms with Gasteiger partial charge in [-0.3, -0.25) is 0 Å². The Balaban J connectivity index is 0.000000280. The number of aromatic nitrogens is 3. The minimum absolute atomic E-state index is 0.0428. The van der Waals surface area contributed by atoms with Crippen LogP contribution < -0.4 is 0 Å². The zero-order valence-electron chi connectivity index (χ0n) is 9.39. The van der Waals surface area contributed by atoms with E-state index < -0.39 is 5.97 Å². The lowest BCUT2D eigenvalue weighted by molar-refractivity contribution is -0.131. The first-order valence-electron chi connectivity index (χ1n) is 4.93. The molecule has 6 heteroatoms. The molecule has 1 aromatic heterocycles. The molecule has 1 aromatic carbocycles. The van der Waals surface area contributed by atoms with Gasteiger partial charge in [-0.2, -0.15) is 0 Å². The van der Waals surface area contributed by atoms with Crippen molar-refractivity contribution >= 4 is 5.97 Å². The van der Waals surface area contributed by atoms with E-state index in [9.17, 15) is 9.90 Å². The molecular weight excluding hydrogens is 234 g/mol. The molecule has 0 aliphatic rings. The first-order chi connectivity index (χ1) is 8.65. The van der Waals surface area contributed by atoms with E-state index in [2.05, 4.69) is 22.0 Å². The lowest BCUT2D eigenvalue weighted by Crippen LogP contribution is -1.89. The lowest BCUT2D eigenvalue weighted by Gasteiger charge is -1.99. The van der Waals surface area contributed by atoms with Crippen molar-refractivity contribution in [1.82, 2.24) is 15.4 Å². The van der Waals surface area contributed by atoms with Crippen molar-refractivity contribution in [1.29, 1.82) is 0 Å². The number of aromatic hydroxyl groups is 1. The Bertz CT molecular complexity index is 529. The summed E-state index contributed by atoms with van der Waals surface area (Å²) in [5.41, 5.74) is 1.28. The first kappa shape index (κ1) is 13.3. The summed E-state index contributed by atoms with van der Waals surface area (Å²) in [6, 6.07) is 9.34. The average Bonchev–Trinajstić information content (AvgIpc) is 2.41. The molecule has 0 saturated carbocycles. The van der Waals surface area contributed by atoms with Crippen molar-refractivity contribution in [3.63, 3.8) is 0 Å². The highest BCUT2D eigenvalue weighted by Gasteiger charge is 2.04. The maximum Gasteiger partial charge on any atom is 0.327 e. The molecule has 0 spiro atoms. The van der Waals surface area contributed by atoms with Gasteiger partial charge < -0.3 is 10.2 Å². The number of hydrogen-bond acceptors (Lipinski definition) is 5. The lowest BCUT2D eigenvalue weighted by atomic mass is 10.1. The van der Waals surface area contributed by atoms with Crippen LogP contribution in [-0.4, -0.2) is 31.6 Å². The largest absolute Gasteiger partial charge is 0.504 e. The molecular formula is C12H11N3O3. The summed E-state index contributed by atoms with van der Waals surface area (Å²) in [5, 5.41) is 27.7. The fourth-order valence-electron chi connectivity index (χ4n) is 1.07. The van der Waals surface area contributed by atoms with Gasteiger partial charge in [0.1, 0.15) is 5.69 Å². The van der Waals surface area contributed by atoms with Gasteiger partial charge in [-0.05, 0) is 5.21 Å². The van der Waals surface area contributed by atoms with E-state index in [4.69, 9.17) is 5.11 Å². The summed E-state index contributed by atoms with van der Waals surface area (Å²) >= 11 is 0. The maximum atomic E-state index is 9.40. The van der Waals surface area contributed by atoms with E-state index in [1.54, 1.807) is 0 Å². The molecule has 2 N–H and O–H groups in total. The van der Waals surface area contributed by atoms with Gasteiger partial charge >= 0.3 is 5.97 Å². The van der Waals surface area contributed by atoms with Crippen molar-refractivity contribution in [2.75, 3.05) is 0 Å². The summed E-state index contributed by atoms with van der Waals surface area (Å²) in [7, 11) is 0. The number of aliphatic carboxylic acids is 1. The molecule has 0 amide bonds. The number of carboxylic acids is 1. The van der Waals surface area contributed by atoms with Gasteiger partial charge in [0.05, 0.1) is 6.20 Å². The van der Waals surface area contributed by atoms with Crippen LogP contribution in [0.3, 0.4) is 0 Å². The fraction of sp³-hybridized carbons (Fsp3) is 0. The fourth-order valence-corrected chi connectivity index (χ4v) is 1.07. The molecule has 2 aromatic rings. The van der Waals surface area contributed by atoms with Crippen LogP contribution in [0.15, 0.2) is 49.2 Å². The summed E-state index contributed by atoms with van der Waals surface area (Å²) in [6.45, 7) is 2.96. The maximum absolute atomic E-state index is 9.40. The second-order valence-corrected chi connectivity index (χ2v) is 3.08. The molecule has 0 unspecified atom stereocenters. The summed E-state index contributed by atoms with van der Waals surface area (Å²) < 4.78 is 0. The molecule has 0 fully saturated rings. The van der Waals surface area contributed by atoms with Gasteiger partial charge in [-0.25, -0.2) is 4.79 Å². The molecule has 92 valence electrons. The minimum Gasteiger partial charge on any atom is -0.504 e. The number of rotatable bonds is 2.